The number of allylic oxidation sites excluding steroid dienone is 1. The van der Waals surface area contributed by atoms with E-state index in [0.29, 0.717) is 22.3 Å². The van der Waals surface area contributed by atoms with E-state index in [0.717, 1.165) is 33.6 Å². The number of hydrogen-bond donors (Lipinski definition) is 1. The highest BCUT2D eigenvalue weighted by molar-refractivity contribution is 7.99. The summed E-state index contributed by atoms with van der Waals surface area (Å²) in [5, 5.41) is 16.9. The molecule has 0 atom stereocenters. The molecule has 0 fully saturated rings. The second kappa shape index (κ2) is 12.7. The molecule has 1 amide bonds. The van der Waals surface area contributed by atoms with Crippen LogP contribution in [0.4, 0.5) is 5.00 Å². The number of rotatable bonds is 10. The minimum absolute atomic E-state index is 0.0853. The molecule has 0 radical (unpaired) electrons. The van der Waals surface area contributed by atoms with E-state index in [9.17, 15) is 9.59 Å². The molecule has 0 aliphatic heterocycles. The molecular weight excluding hydrogens is 573 g/mol. The van der Waals surface area contributed by atoms with Crippen molar-refractivity contribution in [3.05, 3.63) is 94.0 Å². The Morgan fingerprint density at radius 2 is 1.73 bits per heavy atom. The van der Waals surface area contributed by atoms with Crippen LogP contribution < -0.4 is 5.32 Å². The van der Waals surface area contributed by atoms with Gasteiger partial charge in [0.1, 0.15) is 10.6 Å². The summed E-state index contributed by atoms with van der Waals surface area (Å²) in [4.78, 5) is 26.9. The molecule has 5 aromatic rings. The van der Waals surface area contributed by atoms with Gasteiger partial charge in [0.15, 0.2) is 11.0 Å². The van der Waals surface area contributed by atoms with Gasteiger partial charge < -0.3 is 10.1 Å². The number of ether oxygens (including phenoxy) is 1. The van der Waals surface area contributed by atoms with Gasteiger partial charge in [-0.2, -0.15) is 0 Å². The Bertz CT molecular complexity index is 1700. The van der Waals surface area contributed by atoms with E-state index in [1.807, 2.05) is 40.3 Å². The summed E-state index contributed by atoms with van der Waals surface area (Å²) in [5.41, 5.74) is 6.39. The standard InChI is InChI=1S/C31H28N4O3S3/c1-5-15-35-28(24-17-39-20(3)26(24)22-13-11-19(2)12-14-22)33-34-31(35)41-18-25(36)32-29-27(30(37)38-4)23(16-40-29)21-9-7-6-8-10-21/h5-14,16-17H,1,15,18H2,2-4H3,(H,32,36). The lowest BCUT2D eigenvalue weighted by Crippen LogP contribution is -2.16. The molecule has 7 nitrogen and oxygen atoms in total. The van der Waals surface area contributed by atoms with Crippen LogP contribution in [0.3, 0.4) is 0 Å². The highest BCUT2D eigenvalue weighted by Gasteiger charge is 2.24. The number of aromatic nitrogens is 3. The summed E-state index contributed by atoms with van der Waals surface area (Å²) >= 11 is 4.25. The third-order valence-corrected chi connectivity index (χ3v) is 9.21. The molecule has 208 valence electrons. The Balaban J connectivity index is 1.37. The Morgan fingerprint density at radius 3 is 2.44 bits per heavy atom. The van der Waals surface area contributed by atoms with Crippen molar-refractivity contribution < 1.29 is 14.3 Å². The molecule has 0 saturated carbocycles. The number of thiophene rings is 2. The van der Waals surface area contributed by atoms with Gasteiger partial charge in [-0.15, -0.1) is 39.4 Å². The van der Waals surface area contributed by atoms with E-state index in [2.05, 4.69) is 65.6 Å². The second-order valence-electron chi connectivity index (χ2n) is 9.20. The fourth-order valence-electron chi connectivity index (χ4n) is 4.46. The Morgan fingerprint density at radius 1 is 1.00 bits per heavy atom. The first-order valence-electron chi connectivity index (χ1n) is 12.8. The molecule has 0 aliphatic carbocycles. The molecule has 3 heterocycles. The van der Waals surface area contributed by atoms with Crippen molar-refractivity contribution in [3.63, 3.8) is 0 Å². The summed E-state index contributed by atoms with van der Waals surface area (Å²) in [6.07, 6.45) is 1.79. The lowest BCUT2D eigenvalue weighted by atomic mass is 10.0. The highest BCUT2D eigenvalue weighted by Crippen LogP contribution is 2.40. The normalized spacial score (nSPS) is 10.9. The Kier molecular flexibility index (Phi) is 8.82. The number of carbonyl (C=O) groups excluding carboxylic acids is 2. The topological polar surface area (TPSA) is 86.1 Å². The van der Waals surface area contributed by atoms with Crippen LogP contribution in [-0.2, 0) is 16.1 Å². The third-order valence-electron chi connectivity index (χ3n) is 6.44. The average Bonchev–Trinajstić information content (AvgIpc) is 3.69. The molecule has 5 rings (SSSR count). The summed E-state index contributed by atoms with van der Waals surface area (Å²) in [7, 11) is 1.33. The molecule has 0 aliphatic rings. The van der Waals surface area contributed by atoms with Crippen molar-refractivity contribution in [1.82, 2.24) is 14.8 Å². The van der Waals surface area contributed by atoms with Gasteiger partial charge in [0.05, 0.1) is 12.9 Å². The minimum Gasteiger partial charge on any atom is -0.465 e. The minimum atomic E-state index is -0.501. The summed E-state index contributed by atoms with van der Waals surface area (Å²) in [6, 6.07) is 18.0. The molecule has 0 unspecified atom stereocenters. The largest absolute Gasteiger partial charge is 0.465 e. The number of benzene rings is 2. The van der Waals surface area contributed by atoms with Gasteiger partial charge in [-0.3, -0.25) is 9.36 Å². The molecule has 1 N–H and O–H groups in total. The maximum absolute atomic E-state index is 13.1. The number of carbonyl (C=O) groups is 2. The maximum atomic E-state index is 13.1. The number of anilines is 1. The van der Waals surface area contributed by atoms with Crippen molar-refractivity contribution in [1.29, 1.82) is 0 Å². The third kappa shape index (κ3) is 6.04. The van der Waals surface area contributed by atoms with Crippen LogP contribution in [0.5, 0.6) is 0 Å². The zero-order valence-electron chi connectivity index (χ0n) is 22.8. The van der Waals surface area contributed by atoms with Gasteiger partial charge in [-0.05, 0) is 25.0 Å². The van der Waals surface area contributed by atoms with E-state index in [4.69, 9.17) is 4.74 Å². The van der Waals surface area contributed by atoms with Crippen LogP contribution in [0.2, 0.25) is 0 Å². The number of esters is 1. The number of hydrogen-bond acceptors (Lipinski definition) is 8. The monoisotopic (exact) mass is 600 g/mol. The predicted octanol–water partition coefficient (Wildman–Crippen LogP) is 7.72. The van der Waals surface area contributed by atoms with Crippen LogP contribution >= 0.6 is 34.4 Å². The quantitative estimate of drug-likeness (QED) is 0.100. The van der Waals surface area contributed by atoms with E-state index >= 15 is 0 Å². The van der Waals surface area contributed by atoms with Crippen molar-refractivity contribution in [2.24, 2.45) is 0 Å². The van der Waals surface area contributed by atoms with Crippen LogP contribution in [0.1, 0.15) is 20.8 Å². The van der Waals surface area contributed by atoms with Gasteiger partial charge in [0.2, 0.25) is 5.91 Å². The molecule has 2 aromatic carbocycles. The van der Waals surface area contributed by atoms with Crippen LogP contribution in [-0.4, -0.2) is 39.5 Å². The van der Waals surface area contributed by atoms with Gasteiger partial charge in [-0.25, -0.2) is 4.79 Å². The van der Waals surface area contributed by atoms with Gasteiger partial charge in [0.25, 0.3) is 0 Å². The van der Waals surface area contributed by atoms with Crippen LogP contribution in [0.15, 0.2) is 83.2 Å². The second-order valence-corrected chi connectivity index (χ2v) is 12.1. The number of aryl methyl sites for hydroxylation is 2. The van der Waals surface area contributed by atoms with Gasteiger partial charge >= 0.3 is 5.97 Å². The molecule has 0 bridgehead atoms. The van der Waals surface area contributed by atoms with Crippen molar-refractivity contribution in [3.8, 4) is 33.6 Å². The summed E-state index contributed by atoms with van der Waals surface area (Å²) in [5.74, 6) is 0.0513. The summed E-state index contributed by atoms with van der Waals surface area (Å²) in [6.45, 7) is 8.58. The van der Waals surface area contributed by atoms with Gasteiger partial charge in [0, 0.05) is 38.9 Å². The number of thioether (sulfide) groups is 1. The average molecular weight is 601 g/mol. The van der Waals surface area contributed by atoms with Crippen molar-refractivity contribution >= 4 is 51.3 Å². The van der Waals surface area contributed by atoms with E-state index in [-0.39, 0.29) is 11.7 Å². The summed E-state index contributed by atoms with van der Waals surface area (Å²) < 4.78 is 7.00. The van der Waals surface area contributed by atoms with Gasteiger partial charge in [-0.1, -0.05) is 78.0 Å². The molecule has 41 heavy (non-hydrogen) atoms. The molecular formula is C31H28N4O3S3. The molecule has 0 saturated heterocycles. The zero-order chi connectivity index (χ0) is 28.9. The fourth-order valence-corrected chi connectivity index (χ4v) is 7.05. The zero-order valence-corrected chi connectivity index (χ0v) is 25.3. The SMILES string of the molecule is C=CCn1c(SCC(=O)Nc2scc(-c3ccccc3)c2C(=O)OC)nnc1-c1csc(C)c1-c1ccc(C)cc1. The first-order valence-corrected chi connectivity index (χ1v) is 15.5. The van der Waals surface area contributed by atoms with Crippen molar-refractivity contribution in [2.75, 3.05) is 18.2 Å². The smallest absolute Gasteiger partial charge is 0.341 e. The number of amides is 1. The molecule has 0 spiro atoms. The number of nitrogens with one attached hydrogen (secondary N) is 1. The van der Waals surface area contributed by atoms with E-state index in [1.54, 1.807) is 17.4 Å². The van der Waals surface area contributed by atoms with E-state index < -0.39 is 5.97 Å². The molecule has 3 aromatic heterocycles. The first-order chi connectivity index (χ1) is 19.9. The maximum Gasteiger partial charge on any atom is 0.341 e. The predicted molar refractivity (Wildman–Crippen MR) is 169 cm³/mol. The highest BCUT2D eigenvalue weighted by atomic mass is 32.2. The lowest BCUT2D eigenvalue weighted by Gasteiger charge is -2.10. The van der Waals surface area contributed by atoms with E-state index in [1.165, 1.54) is 40.6 Å². The number of nitrogens with zero attached hydrogens (tertiary/aromatic N) is 3. The molecule has 10 heteroatoms. The lowest BCUT2D eigenvalue weighted by molar-refractivity contribution is -0.113. The first kappa shape index (κ1) is 28.5. The van der Waals surface area contributed by atoms with Crippen LogP contribution in [0.25, 0.3) is 33.6 Å². The Hall–Kier alpha value is -3.99. The Labute approximate surface area is 250 Å². The number of methoxy groups -OCH3 is 1. The van der Waals surface area contributed by atoms with Crippen LogP contribution in [0, 0.1) is 13.8 Å². The van der Waals surface area contributed by atoms with Crippen molar-refractivity contribution in [2.45, 2.75) is 25.5 Å². The fraction of sp³-hybridized carbons (Fsp3) is 0.161.